The third-order valence-corrected chi connectivity index (χ3v) is 2.52. The van der Waals surface area contributed by atoms with Gasteiger partial charge < -0.3 is 5.32 Å². The summed E-state index contributed by atoms with van der Waals surface area (Å²) in [6.45, 7) is 0. The van der Waals surface area contributed by atoms with Crippen LogP contribution >= 0.6 is 0 Å². The minimum absolute atomic E-state index is 0.00330. The normalized spacial score (nSPS) is 10.2. The Morgan fingerprint density at radius 2 is 1.30 bits per heavy atom. The maximum atomic E-state index is 13.5. The molecule has 0 aliphatic rings. The molecule has 0 saturated carbocycles. The highest BCUT2D eigenvalue weighted by molar-refractivity contribution is 5.67. The number of nitrogens with one attached hydrogen (secondary N) is 1. The minimum atomic E-state index is -2.24. The van der Waals surface area contributed by atoms with Crippen molar-refractivity contribution in [1.82, 2.24) is 0 Å². The van der Waals surface area contributed by atoms with Gasteiger partial charge in [-0.2, -0.15) is 5.26 Å². The zero-order chi connectivity index (χ0) is 14.9. The van der Waals surface area contributed by atoms with Gasteiger partial charge in [0.05, 0.1) is 11.3 Å². The second kappa shape index (κ2) is 5.17. The Kier molecular flexibility index (Phi) is 3.57. The number of anilines is 2. The van der Waals surface area contributed by atoms with Crippen molar-refractivity contribution in [3.63, 3.8) is 0 Å². The lowest BCUT2D eigenvalue weighted by atomic mass is 10.1. The van der Waals surface area contributed by atoms with Crippen LogP contribution in [0.25, 0.3) is 0 Å². The van der Waals surface area contributed by atoms with E-state index in [2.05, 4.69) is 0 Å². The highest BCUT2D eigenvalue weighted by Crippen LogP contribution is 2.30. The van der Waals surface area contributed by atoms with E-state index in [0.29, 0.717) is 0 Å². The van der Waals surface area contributed by atoms with Crippen LogP contribution in [0, 0.1) is 40.4 Å². The molecule has 0 spiro atoms. The van der Waals surface area contributed by atoms with Crippen LogP contribution in [0.1, 0.15) is 5.56 Å². The van der Waals surface area contributed by atoms with Crippen LogP contribution in [0.5, 0.6) is 0 Å². The third kappa shape index (κ3) is 2.16. The fourth-order valence-electron chi connectivity index (χ4n) is 1.54. The van der Waals surface area contributed by atoms with E-state index in [9.17, 15) is 22.0 Å². The van der Waals surface area contributed by atoms with E-state index in [1.165, 1.54) is 24.3 Å². The van der Waals surface area contributed by atoms with Crippen LogP contribution in [-0.2, 0) is 0 Å². The highest BCUT2D eigenvalue weighted by Gasteiger charge is 2.26. The number of hydrogen-bond acceptors (Lipinski definition) is 2. The average molecular weight is 284 g/mol. The Hall–Kier alpha value is -2.62. The van der Waals surface area contributed by atoms with Crippen molar-refractivity contribution in [3.05, 3.63) is 58.9 Å². The van der Waals surface area contributed by atoms with Crippen molar-refractivity contribution in [1.29, 1.82) is 5.26 Å². The van der Waals surface area contributed by atoms with E-state index in [1.807, 2.05) is 5.32 Å². The molecular formula is C13H5F5N2. The first-order chi connectivity index (χ1) is 9.47. The number of benzene rings is 2. The Morgan fingerprint density at radius 3 is 1.85 bits per heavy atom. The van der Waals surface area contributed by atoms with Gasteiger partial charge in [-0.05, 0) is 12.1 Å². The van der Waals surface area contributed by atoms with Crippen LogP contribution < -0.4 is 5.32 Å². The van der Waals surface area contributed by atoms with Gasteiger partial charge in [-0.1, -0.05) is 12.1 Å². The fraction of sp³-hybridized carbons (Fsp3) is 0. The molecule has 2 aromatic rings. The average Bonchev–Trinajstić information content (AvgIpc) is 2.48. The molecule has 0 fully saturated rings. The molecule has 0 aromatic heterocycles. The summed E-state index contributed by atoms with van der Waals surface area (Å²) in [5.74, 6) is -10.3. The summed E-state index contributed by atoms with van der Waals surface area (Å²) in [6.07, 6.45) is 0. The molecule has 2 rings (SSSR count). The summed E-state index contributed by atoms with van der Waals surface area (Å²) in [7, 11) is 0. The van der Waals surface area contributed by atoms with Crippen molar-refractivity contribution in [2.24, 2.45) is 0 Å². The van der Waals surface area contributed by atoms with E-state index < -0.39 is 34.8 Å². The summed E-state index contributed by atoms with van der Waals surface area (Å²) in [5, 5.41) is 10.9. The first-order valence-corrected chi connectivity index (χ1v) is 5.25. The quantitative estimate of drug-likeness (QED) is 0.514. The Bertz CT molecular complexity index is 692. The summed E-state index contributed by atoms with van der Waals surface area (Å²) < 4.78 is 65.8. The first-order valence-electron chi connectivity index (χ1n) is 5.25. The van der Waals surface area contributed by atoms with Crippen molar-refractivity contribution >= 4 is 11.4 Å². The van der Waals surface area contributed by atoms with Gasteiger partial charge in [-0.3, -0.25) is 0 Å². The van der Waals surface area contributed by atoms with Crippen LogP contribution in [0.4, 0.5) is 33.3 Å². The number of nitriles is 1. The Balaban J connectivity index is 2.58. The lowest BCUT2D eigenvalue weighted by Gasteiger charge is -2.11. The lowest BCUT2D eigenvalue weighted by molar-refractivity contribution is 0.382. The third-order valence-electron chi connectivity index (χ3n) is 2.52. The van der Waals surface area contributed by atoms with E-state index in [0.717, 1.165) is 0 Å². The molecule has 0 heterocycles. The fourth-order valence-corrected chi connectivity index (χ4v) is 1.54. The molecule has 7 heteroatoms. The van der Waals surface area contributed by atoms with Crippen molar-refractivity contribution in [3.8, 4) is 6.07 Å². The zero-order valence-corrected chi connectivity index (χ0v) is 9.65. The molecule has 102 valence electrons. The van der Waals surface area contributed by atoms with E-state index in [1.54, 1.807) is 6.07 Å². The first kappa shape index (κ1) is 13.8. The monoisotopic (exact) mass is 284 g/mol. The van der Waals surface area contributed by atoms with Gasteiger partial charge in [-0.25, -0.2) is 22.0 Å². The number of halogens is 5. The molecule has 20 heavy (non-hydrogen) atoms. The number of rotatable bonds is 2. The molecule has 0 bridgehead atoms. The van der Waals surface area contributed by atoms with Gasteiger partial charge in [0.1, 0.15) is 11.8 Å². The molecule has 2 nitrogen and oxygen atoms in total. The molecule has 1 N–H and O–H groups in total. The number of nitrogens with zero attached hydrogens (tertiary/aromatic N) is 1. The van der Waals surface area contributed by atoms with Crippen molar-refractivity contribution in [2.75, 3.05) is 5.32 Å². The van der Waals surface area contributed by atoms with E-state index in [4.69, 9.17) is 5.26 Å². The van der Waals surface area contributed by atoms with Crippen molar-refractivity contribution < 1.29 is 22.0 Å². The van der Waals surface area contributed by atoms with Crippen LogP contribution in [0.3, 0.4) is 0 Å². The second-order valence-corrected chi connectivity index (χ2v) is 3.73. The van der Waals surface area contributed by atoms with Crippen LogP contribution in [-0.4, -0.2) is 0 Å². The molecular weight excluding hydrogens is 279 g/mol. The van der Waals surface area contributed by atoms with E-state index >= 15 is 0 Å². The standard InChI is InChI=1S/C13H5F5N2/c14-8-9(15)11(17)13(12(18)10(8)16)20-7-4-2-1-3-6(7)5-19/h1-4,20H. The topological polar surface area (TPSA) is 35.8 Å². The summed E-state index contributed by atoms with van der Waals surface area (Å²) in [6, 6.07) is 7.26. The predicted octanol–water partition coefficient (Wildman–Crippen LogP) is 4.00. The van der Waals surface area contributed by atoms with Gasteiger partial charge in [0.15, 0.2) is 23.3 Å². The highest BCUT2D eigenvalue weighted by atomic mass is 19.2. The maximum Gasteiger partial charge on any atom is 0.200 e. The molecule has 0 amide bonds. The smallest absolute Gasteiger partial charge is 0.200 e. The zero-order valence-electron chi connectivity index (χ0n) is 9.65. The molecule has 0 aliphatic heterocycles. The molecule has 0 radical (unpaired) electrons. The minimum Gasteiger partial charge on any atom is -0.349 e. The largest absolute Gasteiger partial charge is 0.349 e. The maximum absolute atomic E-state index is 13.5. The molecule has 0 aliphatic carbocycles. The Labute approximate surface area is 110 Å². The lowest BCUT2D eigenvalue weighted by Crippen LogP contribution is -2.07. The second-order valence-electron chi connectivity index (χ2n) is 3.73. The van der Waals surface area contributed by atoms with Gasteiger partial charge in [0.2, 0.25) is 5.82 Å². The van der Waals surface area contributed by atoms with Crippen molar-refractivity contribution in [2.45, 2.75) is 0 Å². The van der Waals surface area contributed by atoms with Gasteiger partial charge in [-0.15, -0.1) is 0 Å². The summed E-state index contributed by atoms with van der Waals surface area (Å²) >= 11 is 0. The SMILES string of the molecule is N#Cc1ccccc1Nc1c(F)c(F)c(F)c(F)c1F. The number of para-hydroxylation sites is 1. The number of hydrogen-bond donors (Lipinski definition) is 1. The Morgan fingerprint density at radius 1 is 0.800 bits per heavy atom. The molecule has 0 atom stereocenters. The predicted molar refractivity (Wildman–Crippen MR) is 60.7 cm³/mol. The summed E-state index contributed by atoms with van der Waals surface area (Å²) in [5.41, 5.74) is -1.28. The van der Waals surface area contributed by atoms with E-state index in [-0.39, 0.29) is 11.3 Å². The van der Waals surface area contributed by atoms with Gasteiger partial charge >= 0.3 is 0 Å². The van der Waals surface area contributed by atoms with Gasteiger partial charge in [0.25, 0.3) is 0 Å². The van der Waals surface area contributed by atoms with Gasteiger partial charge in [0, 0.05) is 0 Å². The van der Waals surface area contributed by atoms with Crippen LogP contribution in [0.15, 0.2) is 24.3 Å². The summed E-state index contributed by atoms with van der Waals surface area (Å²) in [4.78, 5) is 0. The van der Waals surface area contributed by atoms with Crippen LogP contribution in [0.2, 0.25) is 0 Å². The molecule has 0 unspecified atom stereocenters. The molecule has 2 aromatic carbocycles. The molecule has 0 saturated heterocycles.